The molecule has 0 spiro atoms. The van der Waals surface area contributed by atoms with Crippen molar-refractivity contribution in [3.8, 4) is 16.9 Å². The predicted molar refractivity (Wildman–Crippen MR) is 147 cm³/mol. The molecule has 0 bridgehead atoms. The second-order valence-electron chi connectivity index (χ2n) is 9.38. The lowest BCUT2D eigenvalue weighted by Gasteiger charge is -2.27. The van der Waals surface area contributed by atoms with Crippen LogP contribution in [-0.2, 0) is 4.74 Å². The number of aromatic carboxylic acids is 1. The van der Waals surface area contributed by atoms with E-state index in [0.29, 0.717) is 47.0 Å². The van der Waals surface area contributed by atoms with Gasteiger partial charge in [-0.3, -0.25) is 9.59 Å². The maximum absolute atomic E-state index is 13.4. The fraction of sp³-hybridized carbons (Fsp3) is 0.345. The van der Waals surface area contributed by atoms with Gasteiger partial charge in [0.05, 0.1) is 31.0 Å². The smallest absolute Gasteiger partial charge is 0.335 e. The Kier molecular flexibility index (Phi) is 8.86. The summed E-state index contributed by atoms with van der Waals surface area (Å²) >= 11 is 6.22. The SMILES string of the molecule is COc1cn([C@@H](CCOC2CCC2)CNc2ccc(C(=O)O)cc2)c(=O)cc1-c1cc(Cl)ccc1C(C)=O. The highest BCUT2D eigenvalue weighted by Crippen LogP contribution is 2.34. The van der Waals surface area contributed by atoms with Gasteiger partial charge in [0.2, 0.25) is 0 Å². The maximum Gasteiger partial charge on any atom is 0.335 e. The predicted octanol–water partition coefficient (Wildman–Crippen LogP) is 5.69. The summed E-state index contributed by atoms with van der Waals surface area (Å²) in [7, 11) is 1.52. The van der Waals surface area contributed by atoms with Gasteiger partial charge in [-0.05, 0) is 80.6 Å². The normalized spacial score (nSPS) is 14.0. The largest absolute Gasteiger partial charge is 0.495 e. The van der Waals surface area contributed by atoms with Crippen molar-refractivity contribution < 1.29 is 24.2 Å². The van der Waals surface area contributed by atoms with Gasteiger partial charge in [-0.15, -0.1) is 0 Å². The molecule has 8 nitrogen and oxygen atoms in total. The monoisotopic (exact) mass is 538 g/mol. The zero-order valence-corrected chi connectivity index (χ0v) is 22.2. The Labute approximate surface area is 226 Å². The average molecular weight is 539 g/mol. The summed E-state index contributed by atoms with van der Waals surface area (Å²) in [5, 5.41) is 12.9. The number of ether oxygens (including phenoxy) is 2. The lowest BCUT2D eigenvalue weighted by Crippen LogP contribution is -2.31. The summed E-state index contributed by atoms with van der Waals surface area (Å²) in [6, 6.07) is 12.6. The summed E-state index contributed by atoms with van der Waals surface area (Å²) < 4.78 is 13.3. The molecule has 0 amide bonds. The molecule has 9 heteroatoms. The number of carboxylic acid groups (broad SMARTS) is 1. The van der Waals surface area contributed by atoms with Crippen LogP contribution in [0.5, 0.6) is 5.75 Å². The Morgan fingerprint density at radius 1 is 1.13 bits per heavy atom. The molecule has 0 aliphatic heterocycles. The molecule has 4 rings (SSSR count). The molecular formula is C29H31ClN2O6. The van der Waals surface area contributed by atoms with Crippen molar-refractivity contribution in [1.29, 1.82) is 0 Å². The number of pyridine rings is 1. The van der Waals surface area contributed by atoms with Gasteiger partial charge in [-0.1, -0.05) is 11.6 Å². The van der Waals surface area contributed by atoms with Crippen molar-refractivity contribution in [2.45, 2.75) is 44.8 Å². The summed E-state index contributed by atoms with van der Waals surface area (Å²) in [6.45, 7) is 2.36. The fourth-order valence-corrected chi connectivity index (χ4v) is 4.62. The molecule has 0 radical (unpaired) electrons. The number of halogens is 1. The number of nitrogens with zero attached hydrogens (tertiary/aromatic N) is 1. The third-order valence-corrected chi connectivity index (χ3v) is 7.07. The summed E-state index contributed by atoms with van der Waals surface area (Å²) in [6.07, 6.45) is 5.79. The van der Waals surface area contributed by atoms with Crippen molar-refractivity contribution in [2.24, 2.45) is 0 Å². The molecule has 3 aromatic rings. The van der Waals surface area contributed by atoms with Crippen molar-refractivity contribution in [3.05, 3.63) is 81.2 Å². The first-order chi connectivity index (χ1) is 18.3. The van der Waals surface area contributed by atoms with E-state index < -0.39 is 5.97 Å². The van der Waals surface area contributed by atoms with Gasteiger partial charge in [0.15, 0.2) is 5.78 Å². The number of Topliss-reactive ketones (excluding diaryl/α,β-unsaturated/α-hetero) is 1. The number of hydrogen-bond donors (Lipinski definition) is 2. The Hall–Kier alpha value is -3.62. The molecule has 1 fully saturated rings. The molecule has 2 N–H and O–H groups in total. The maximum atomic E-state index is 13.4. The Bertz CT molecular complexity index is 1360. The number of nitrogens with one attached hydrogen (secondary N) is 1. The van der Waals surface area contributed by atoms with E-state index in [0.717, 1.165) is 18.5 Å². The van der Waals surface area contributed by atoms with E-state index in [4.69, 9.17) is 26.2 Å². The molecule has 1 aromatic heterocycles. The zero-order valence-electron chi connectivity index (χ0n) is 21.4. The molecule has 1 aliphatic rings. The minimum atomic E-state index is -0.992. The van der Waals surface area contributed by atoms with Crippen LogP contribution in [0.3, 0.4) is 0 Å². The first-order valence-corrected chi connectivity index (χ1v) is 12.9. The highest BCUT2D eigenvalue weighted by Gasteiger charge is 2.22. The van der Waals surface area contributed by atoms with E-state index in [9.17, 15) is 14.4 Å². The van der Waals surface area contributed by atoms with E-state index in [1.54, 1.807) is 41.1 Å². The molecule has 0 saturated heterocycles. The third-order valence-electron chi connectivity index (χ3n) is 6.84. The van der Waals surface area contributed by atoms with Gasteiger partial charge in [-0.2, -0.15) is 0 Å². The molecule has 200 valence electrons. The highest BCUT2D eigenvalue weighted by molar-refractivity contribution is 6.31. The number of aromatic nitrogens is 1. The molecule has 1 aliphatic carbocycles. The Morgan fingerprint density at radius 2 is 1.87 bits per heavy atom. The summed E-state index contributed by atoms with van der Waals surface area (Å²) in [5.41, 5.74) is 2.15. The summed E-state index contributed by atoms with van der Waals surface area (Å²) in [4.78, 5) is 36.9. The van der Waals surface area contributed by atoms with Crippen LogP contribution in [0.25, 0.3) is 11.1 Å². The number of carbonyl (C=O) groups is 2. The lowest BCUT2D eigenvalue weighted by atomic mass is 9.96. The molecule has 2 aromatic carbocycles. The average Bonchev–Trinajstić information content (AvgIpc) is 2.87. The first kappa shape index (κ1) is 27.4. The molecule has 1 saturated carbocycles. The molecule has 0 unspecified atom stereocenters. The van der Waals surface area contributed by atoms with Gasteiger partial charge in [-0.25, -0.2) is 4.79 Å². The lowest BCUT2D eigenvalue weighted by molar-refractivity contribution is -0.00270. The zero-order chi connectivity index (χ0) is 27.2. The number of ketones is 1. The Balaban J connectivity index is 1.64. The standard InChI is InChI=1S/C29H31ClN2O6/c1-18(33)24-11-8-20(30)14-25(24)26-15-28(34)32(17-27(26)37-2)22(12-13-38-23-4-3-5-23)16-31-21-9-6-19(7-10-21)29(35)36/h6-11,14-15,17,22-23,31H,3-5,12-13,16H2,1-2H3,(H,35,36)/t22-/m0/s1. The van der Waals surface area contributed by atoms with Crippen molar-refractivity contribution in [3.63, 3.8) is 0 Å². The number of anilines is 1. The second-order valence-corrected chi connectivity index (χ2v) is 9.81. The van der Waals surface area contributed by atoms with Gasteiger partial charge in [0, 0.05) is 41.1 Å². The quantitative estimate of drug-likeness (QED) is 0.285. The van der Waals surface area contributed by atoms with Gasteiger partial charge in [0.25, 0.3) is 5.56 Å². The van der Waals surface area contributed by atoms with Gasteiger partial charge < -0.3 is 24.5 Å². The minimum Gasteiger partial charge on any atom is -0.495 e. The van der Waals surface area contributed by atoms with E-state index >= 15 is 0 Å². The van der Waals surface area contributed by atoms with Crippen LogP contribution in [-0.4, -0.2) is 47.8 Å². The van der Waals surface area contributed by atoms with E-state index in [1.165, 1.54) is 38.7 Å². The first-order valence-electron chi connectivity index (χ1n) is 12.6. The topological polar surface area (TPSA) is 107 Å². The number of methoxy groups -OCH3 is 1. The van der Waals surface area contributed by atoms with Gasteiger partial charge in [0.1, 0.15) is 5.75 Å². The molecule has 1 atom stereocenters. The second kappa shape index (κ2) is 12.3. The van der Waals surface area contributed by atoms with Crippen LogP contribution in [0.1, 0.15) is 59.4 Å². The molecular weight excluding hydrogens is 508 g/mol. The van der Waals surface area contributed by atoms with E-state index in [-0.39, 0.29) is 29.1 Å². The Morgan fingerprint density at radius 3 is 2.47 bits per heavy atom. The van der Waals surface area contributed by atoms with Crippen molar-refractivity contribution in [2.75, 3.05) is 25.6 Å². The van der Waals surface area contributed by atoms with Crippen LogP contribution in [0.15, 0.2) is 59.5 Å². The molecule has 1 heterocycles. The van der Waals surface area contributed by atoms with Crippen LogP contribution in [0, 0.1) is 0 Å². The van der Waals surface area contributed by atoms with E-state index in [1.807, 2.05) is 0 Å². The summed E-state index contributed by atoms with van der Waals surface area (Å²) in [5.74, 6) is -0.703. The third kappa shape index (κ3) is 6.44. The number of carboxylic acids is 1. The number of carbonyl (C=O) groups excluding carboxylic acids is 1. The van der Waals surface area contributed by atoms with Crippen LogP contribution in [0.2, 0.25) is 5.02 Å². The van der Waals surface area contributed by atoms with Crippen molar-refractivity contribution in [1.82, 2.24) is 4.57 Å². The number of hydrogen-bond acceptors (Lipinski definition) is 6. The number of benzene rings is 2. The van der Waals surface area contributed by atoms with Crippen molar-refractivity contribution >= 4 is 29.0 Å². The molecule has 38 heavy (non-hydrogen) atoms. The van der Waals surface area contributed by atoms with E-state index in [2.05, 4.69) is 5.32 Å². The highest BCUT2D eigenvalue weighted by atomic mass is 35.5. The van der Waals surface area contributed by atoms with Gasteiger partial charge >= 0.3 is 5.97 Å². The van der Waals surface area contributed by atoms with Crippen LogP contribution < -0.4 is 15.6 Å². The fourth-order valence-electron chi connectivity index (χ4n) is 4.45. The van der Waals surface area contributed by atoms with Crippen LogP contribution in [0.4, 0.5) is 5.69 Å². The number of rotatable bonds is 12. The van der Waals surface area contributed by atoms with Crippen LogP contribution >= 0.6 is 11.6 Å². The minimum absolute atomic E-state index is 0.146.